The van der Waals surface area contributed by atoms with Gasteiger partial charge in [-0.2, -0.15) is 0 Å². The molecule has 1 amide bonds. The highest BCUT2D eigenvalue weighted by Crippen LogP contribution is 2.38. The SMILES string of the molecule is Cc1cc(NC2CCCN(c3ccccc3F)C2=O)nc(C2CC2)n1. The minimum absolute atomic E-state index is 0.111. The van der Waals surface area contributed by atoms with Gasteiger partial charge in [0.05, 0.1) is 5.69 Å². The van der Waals surface area contributed by atoms with Gasteiger partial charge in [0.2, 0.25) is 5.91 Å². The summed E-state index contributed by atoms with van der Waals surface area (Å²) >= 11 is 0. The molecule has 0 spiro atoms. The normalized spacial score (nSPS) is 20.6. The molecule has 0 bridgehead atoms. The monoisotopic (exact) mass is 340 g/mol. The number of benzene rings is 1. The number of hydrogen-bond donors (Lipinski definition) is 1. The fourth-order valence-electron chi connectivity index (χ4n) is 3.29. The van der Waals surface area contributed by atoms with Crippen molar-refractivity contribution in [3.8, 4) is 0 Å². The van der Waals surface area contributed by atoms with Crippen LogP contribution in [0.2, 0.25) is 0 Å². The van der Waals surface area contributed by atoms with Crippen LogP contribution in [0.3, 0.4) is 0 Å². The quantitative estimate of drug-likeness (QED) is 0.927. The van der Waals surface area contributed by atoms with E-state index in [-0.39, 0.29) is 11.7 Å². The molecule has 0 radical (unpaired) electrons. The number of piperidine rings is 1. The molecule has 2 aliphatic rings. The van der Waals surface area contributed by atoms with E-state index in [0.29, 0.717) is 30.4 Å². The molecule has 5 nitrogen and oxygen atoms in total. The lowest BCUT2D eigenvalue weighted by Gasteiger charge is -2.33. The van der Waals surface area contributed by atoms with Crippen molar-refractivity contribution in [3.63, 3.8) is 0 Å². The number of carbonyl (C=O) groups excluding carboxylic acids is 1. The van der Waals surface area contributed by atoms with Gasteiger partial charge in [-0.15, -0.1) is 0 Å². The maximum atomic E-state index is 14.1. The first-order valence-corrected chi connectivity index (χ1v) is 8.80. The third-order valence-electron chi connectivity index (χ3n) is 4.72. The number of nitrogens with zero attached hydrogens (tertiary/aromatic N) is 3. The summed E-state index contributed by atoms with van der Waals surface area (Å²) in [6.07, 6.45) is 3.79. The van der Waals surface area contributed by atoms with Gasteiger partial charge in [-0.25, -0.2) is 14.4 Å². The van der Waals surface area contributed by atoms with Gasteiger partial charge in [-0.1, -0.05) is 12.1 Å². The van der Waals surface area contributed by atoms with Crippen LogP contribution in [0.4, 0.5) is 15.9 Å². The number of halogens is 1. The Balaban J connectivity index is 1.55. The number of hydrogen-bond acceptors (Lipinski definition) is 4. The lowest BCUT2D eigenvalue weighted by Crippen LogP contribution is -2.48. The first-order valence-electron chi connectivity index (χ1n) is 8.80. The van der Waals surface area contributed by atoms with Gasteiger partial charge in [0.15, 0.2) is 0 Å². The molecule has 2 aromatic rings. The van der Waals surface area contributed by atoms with E-state index in [2.05, 4.69) is 15.3 Å². The maximum absolute atomic E-state index is 14.1. The van der Waals surface area contributed by atoms with Gasteiger partial charge in [-0.3, -0.25) is 4.79 Å². The summed E-state index contributed by atoms with van der Waals surface area (Å²) < 4.78 is 14.1. The Morgan fingerprint density at radius 1 is 1.20 bits per heavy atom. The van der Waals surface area contributed by atoms with Crippen molar-refractivity contribution in [1.29, 1.82) is 0 Å². The summed E-state index contributed by atoms with van der Waals surface area (Å²) in [5.41, 5.74) is 1.24. The number of nitrogens with one attached hydrogen (secondary N) is 1. The summed E-state index contributed by atoms with van der Waals surface area (Å²) in [6.45, 7) is 2.47. The fraction of sp³-hybridized carbons (Fsp3) is 0.421. The Kier molecular flexibility index (Phi) is 4.11. The van der Waals surface area contributed by atoms with Crippen LogP contribution in [-0.4, -0.2) is 28.5 Å². The van der Waals surface area contributed by atoms with E-state index in [0.717, 1.165) is 30.8 Å². The van der Waals surface area contributed by atoms with E-state index in [1.165, 1.54) is 11.0 Å². The minimum Gasteiger partial charge on any atom is -0.358 e. The number of carbonyl (C=O) groups is 1. The first kappa shape index (κ1) is 16.0. The molecular weight excluding hydrogens is 319 g/mol. The lowest BCUT2D eigenvalue weighted by atomic mass is 10.0. The molecule has 1 unspecified atom stereocenters. The zero-order chi connectivity index (χ0) is 17.4. The number of aromatic nitrogens is 2. The summed E-state index contributed by atoms with van der Waals surface area (Å²) in [7, 11) is 0. The second kappa shape index (κ2) is 6.43. The molecule has 1 N–H and O–H groups in total. The van der Waals surface area contributed by atoms with Crippen molar-refractivity contribution in [1.82, 2.24) is 9.97 Å². The summed E-state index contributed by atoms with van der Waals surface area (Å²) in [6, 6.07) is 7.88. The van der Waals surface area contributed by atoms with Crippen molar-refractivity contribution in [2.45, 2.75) is 44.6 Å². The smallest absolute Gasteiger partial charge is 0.249 e. The van der Waals surface area contributed by atoms with Crippen LogP contribution in [0.5, 0.6) is 0 Å². The van der Waals surface area contributed by atoms with Crippen LogP contribution in [0, 0.1) is 12.7 Å². The summed E-state index contributed by atoms with van der Waals surface area (Å²) in [5.74, 6) is 1.52. The number of rotatable bonds is 4. The fourth-order valence-corrected chi connectivity index (χ4v) is 3.29. The largest absolute Gasteiger partial charge is 0.358 e. The van der Waals surface area contributed by atoms with Gasteiger partial charge in [-0.05, 0) is 44.7 Å². The predicted octanol–water partition coefficient (Wildman–Crippen LogP) is 3.41. The van der Waals surface area contributed by atoms with E-state index in [1.807, 2.05) is 13.0 Å². The second-order valence-electron chi connectivity index (χ2n) is 6.81. The molecule has 130 valence electrons. The number of para-hydroxylation sites is 1. The Hall–Kier alpha value is -2.50. The van der Waals surface area contributed by atoms with E-state index in [9.17, 15) is 9.18 Å². The van der Waals surface area contributed by atoms with Gasteiger partial charge in [0.1, 0.15) is 23.5 Å². The molecule has 1 aromatic carbocycles. The van der Waals surface area contributed by atoms with Crippen LogP contribution in [0.15, 0.2) is 30.3 Å². The average molecular weight is 340 g/mol. The molecule has 25 heavy (non-hydrogen) atoms. The highest BCUT2D eigenvalue weighted by atomic mass is 19.1. The topological polar surface area (TPSA) is 58.1 Å². The number of anilines is 2. The highest BCUT2D eigenvalue weighted by molar-refractivity contribution is 5.99. The Morgan fingerprint density at radius 2 is 2.00 bits per heavy atom. The summed E-state index contributed by atoms with van der Waals surface area (Å²) in [4.78, 5) is 23.4. The molecule has 1 atom stereocenters. The van der Waals surface area contributed by atoms with E-state index in [1.54, 1.807) is 18.2 Å². The molecular formula is C19H21FN4O. The van der Waals surface area contributed by atoms with Crippen LogP contribution >= 0.6 is 0 Å². The molecule has 6 heteroatoms. The van der Waals surface area contributed by atoms with Gasteiger partial charge >= 0.3 is 0 Å². The van der Waals surface area contributed by atoms with Crippen LogP contribution in [0.25, 0.3) is 0 Å². The van der Waals surface area contributed by atoms with Crippen LogP contribution in [0.1, 0.15) is 43.1 Å². The third-order valence-corrected chi connectivity index (χ3v) is 4.72. The Labute approximate surface area is 146 Å². The number of amides is 1. The molecule has 1 aromatic heterocycles. The molecule has 2 heterocycles. The van der Waals surface area contributed by atoms with Crippen molar-refractivity contribution in [2.24, 2.45) is 0 Å². The van der Waals surface area contributed by atoms with Crippen molar-refractivity contribution in [3.05, 3.63) is 47.7 Å². The highest BCUT2D eigenvalue weighted by Gasteiger charge is 2.32. The van der Waals surface area contributed by atoms with Gasteiger partial charge in [0.25, 0.3) is 0 Å². The van der Waals surface area contributed by atoms with Crippen molar-refractivity contribution < 1.29 is 9.18 Å². The van der Waals surface area contributed by atoms with Gasteiger partial charge in [0, 0.05) is 24.2 Å². The standard InChI is InChI=1S/C19H21FN4O/c1-12-11-17(23-18(21-12)13-8-9-13)22-15-6-4-10-24(19(15)25)16-7-3-2-5-14(16)20/h2-3,5,7,11,13,15H,4,6,8-10H2,1H3,(H,21,22,23). The zero-order valence-corrected chi connectivity index (χ0v) is 14.2. The second-order valence-corrected chi connectivity index (χ2v) is 6.81. The first-order chi connectivity index (χ1) is 12.1. The van der Waals surface area contributed by atoms with Gasteiger partial charge < -0.3 is 10.2 Å². The predicted molar refractivity (Wildman–Crippen MR) is 94.1 cm³/mol. The molecule has 1 aliphatic carbocycles. The minimum atomic E-state index is -0.394. The zero-order valence-electron chi connectivity index (χ0n) is 14.2. The molecule has 1 saturated heterocycles. The van der Waals surface area contributed by atoms with Crippen molar-refractivity contribution in [2.75, 3.05) is 16.8 Å². The van der Waals surface area contributed by atoms with E-state index >= 15 is 0 Å². The summed E-state index contributed by atoms with van der Waals surface area (Å²) in [5, 5.41) is 3.25. The molecule has 1 aliphatic heterocycles. The molecule has 4 rings (SSSR count). The van der Waals surface area contributed by atoms with E-state index < -0.39 is 6.04 Å². The lowest BCUT2D eigenvalue weighted by molar-refractivity contribution is -0.120. The maximum Gasteiger partial charge on any atom is 0.249 e. The number of aryl methyl sites for hydroxylation is 1. The van der Waals surface area contributed by atoms with Crippen LogP contribution in [-0.2, 0) is 4.79 Å². The van der Waals surface area contributed by atoms with E-state index in [4.69, 9.17) is 0 Å². The third kappa shape index (κ3) is 3.34. The average Bonchev–Trinajstić information content (AvgIpc) is 3.42. The van der Waals surface area contributed by atoms with Crippen LogP contribution < -0.4 is 10.2 Å². The molecule has 1 saturated carbocycles. The molecule has 2 fully saturated rings. The van der Waals surface area contributed by atoms with Crippen molar-refractivity contribution >= 4 is 17.4 Å². The Morgan fingerprint density at radius 3 is 2.76 bits per heavy atom. The Bertz CT molecular complexity index is 806.